The van der Waals surface area contributed by atoms with Crippen molar-refractivity contribution in [1.29, 1.82) is 0 Å². The van der Waals surface area contributed by atoms with Crippen LogP contribution in [0, 0.1) is 0 Å². The monoisotopic (exact) mass is 423 g/mol. The van der Waals surface area contributed by atoms with Crippen LogP contribution in [0.25, 0.3) is 0 Å². The molecule has 0 amide bonds. The molecular weight excluding hydrogens is 399 g/mol. The molecule has 0 bridgehead atoms. The fraction of sp³-hybridized carbons (Fsp3) is 0.250. The molecule has 3 aromatic rings. The van der Waals surface area contributed by atoms with Gasteiger partial charge in [-0.2, -0.15) is 0 Å². The van der Waals surface area contributed by atoms with Crippen molar-refractivity contribution < 1.29 is 0 Å². The summed E-state index contributed by atoms with van der Waals surface area (Å²) >= 11 is 3.98. The average Bonchev–Trinajstić information content (AvgIpc) is 3.26. The first kappa shape index (κ1) is 18.0. The Morgan fingerprint density at radius 2 is 1.19 bits per heavy atom. The lowest BCUT2D eigenvalue weighted by Crippen LogP contribution is -2.34. The van der Waals surface area contributed by atoms with E-state index < -0.39 is 7.26 Å². The van der Waals surface area contributed by atoms with E-state index in [2.05, 4.69) is 101 Å². The molecule has 1 aliphatic rings. The largest absolute Gasteiger partial charge is 0.127 e. The van der Waals surface area contributed by atoms with Gasteiger partial charge in [0.1, 0.15) is 28.2 Å². The number of halogens is 1. The molecule has 1 saturated carbocycles. The molecule has 1 fully saturated rings. The Hall–Kier alpha value is -1.43. The van der Waals surface area contributed by atoms with Crippen molar-refractivity contribution in [1.82, 2.24) is 0 Å². The molecule has 0 unspecified atom stereocenters. The van der Waals surface area contributed by atoms with Crippen LogP contribution in [-0.4, -0.2) is 5.07 Å². The Morgan fingerprint density at radius 1 is 0.692 bits per heavy atom. The van der Waals surface area contributed by atoms with E-state index in [0.717, 1.165) is 11.0 Å². The van der Waals surface area contributed by atoms with Crippen LogP contribution in [0.1, 0.15) is 37.2 Å². The van der Waals surface area contributed by atoms with Gasteiger partial charge in [0.15, 0.2) is 0 Å². The SMILES string of the molecule is BrC[P+](c1ccccc1)(c1ccccc1)c1ccccc1C1CCCC1. The van der Waals surface area contributed by atoms with Gasteiger partial charge in [0.2, 0.25) is 0 Å². The lowest BCUT2D eigenvalue weighted by Gasteiger charge is -2.28. The van der Waals surface area contributed by atoms with Crippen LogP contribution >= 0.6 is 23.2 Å². The second-order valence-electron chi connectivity index (χ2n) is 7.14. The van der Waals surface area contributed by atoms with Gasteiger partial charge in [-0.05, 0) is 70.6 Å². The summed E-state index contributed by atoms with van der Waals surface area (Å²) in [7, 11) is -1.71. The first-order valence-electron chi connectivity index (χ1n) is 9.51. The lowest BCUT2D eigenvalue weighted by molar-refractivity contribution is 0.727. The highest BCUT2D eigenvalue weighted by Gasteiger charge is 2.46. The molecule has 1 aliphatic carbocycles. The van der Waals surface area contributed by atoms with Crippen LogP contribution in [0.4, 0.5) is 0 Å². The Balaban J connectivity index is 1.98. The van der Waals surface area contributed by atoms with Gasteiger partial charge in [-0.15, -0.1) is 0 Å². The highest BCUT2D eigenvalue weighted by Crippen LogP contribution is 2.58. The standard InChI is InChI=1S/C24H25BrP/c25-19-26(21-13-3-1-4-14-21,22-15-5-2-6-16-22)24-18-10-9-17-23(24)20-11-7-8-12-20/h1-6,9-10,13-18,20H,7-8,11-12,19H2/q+1. The van der Waals surface area contributed by atoms with Gasteiger partial charge in [-0.3, -0.25) is 0 Å². The van der Waals surface area contributed by atoms with E-state index in [4.69, 9.17) is 0 Å². The molecule has 0 saturated heterocycles. The van der Waals surface area contributed by atoms with Crippen molar-refractivity contribution in [2.24, 2.45) is 0 Å². The van der Waals surface area contributed by atoms with Crippen LogP contribution in [0.5, 0.6) is 0 Å². The first-order valence-corrected chi connectivity index (χ1v) is 12.6. The molecule has 0 aliphatic heterocycles. The summed E-state index contributed by atoms with van der Waals surface area (Å²) in [6.07, 6.45) is 5.41. The fourth-order valence-corrected chi connectivity index (χ4v) is 10.6. The summed E-state index contributed by atoms with van der Waals surface area (Å²) in [6.45, 7) is 0. The zero-order valence-electron chi connectivity index (χ0n) is 15.0. The molecule has 26 heavy (non-hydrogen) atoms. The smallest absolute Gasteiger partial charge is 0.0620 e. The Bertz CT molecular complexity index is 799. The van der Waals surface area contributed by atoms with Crippen molar-refractivity contribution in [3.8, 4) is 0 Å². The van der Waals surface area contributed by atoms with Crippen molar-refractivity contribution in [3.63, 3.8) is 0 Å². The third kappa shape index (κ3) is 3.17. The number of hydrogen-bond donors (Lipinski definition) is 0. The Labute approximate surface area is 166 Å². The molecule has 2 heteroatoms. The van der Waals surface area contributed by atoms with Gasteiger partial charge in [-0.25, -0.2) is 0 Å². The highest BCUT2D eigenvalue weighted by atomic mass is 79.9. The quantitative estimate of drug-likeness (QED) is 0.349. The Kier molecular flexibility index (Phi) is 5.57. The van der Waals surface area contributed by atoms with E-state index in [1.165, 1.54) is 36.3 Å². The second-order valence-corrected chi connectivity index (χ2v) is 12.0. The second kappa shape index (κ2) is 8.07. The predicted molar refractivity (Wildman–Crippen MR) is 120 cm³/mol. The van der Waals surface area contributed by atoms with Gasteiger partial charge >= 0.3 is 0 Å². The zero-order chi connectivity index (χ0) is 17.8. The van der Waals surface area contributed by atoms with Crippen molar-refractivity contribution in [2.45, 2.75) is 31.6 Å². The van der Waals surface area contributed by atoms with Gasteiger partial charge in [0, 0.05) is 0 Å². The molecule has 0 spiro atoms. The molecule has 0 nitrogen and oxygen atoms in total. The van der Waals surface area contributed by atoms with Crippen LogP contribution < -0.4 is 15.9 Å². The zero-order valence-corrected chi connectivity index (χ0v) is 17.5. The normalized spacial score (nSPS) is 15.3. The van der Waals surface area contributed by atoms with Crippen LogP contribution in [0.2, 0.25) is 0 Å². The molecule has 132 valence electrons. The summed E-state index contributed by atoms with van der Waals surface area (Å²) in [5.74, 6) is 0.719. The fourth-order valence-electron chi connectivity index (χ4n) is 4.41. The molecular formula is C24H25BrP+. The number of benzene rings is 3. The maximum atomic E-state index is 3.98. The lowest BCUT2D eigenvalue weighted by atomic mass is 9.98. The summed E-state index contributed by atoms with van der Waals surface area (Å²) in [5.41, 5.74) is 1.59. The molecule has 0 radical (unpaired) electrons. The minimum Gasteiger partial charge on any atom is -0.0620 e. The summed E-state index contributed by atoms with van der Waals surface area (Å²) in [5, 5.41) is 5.49. The van der Waals surface area contributed by atoms with E-state index >= 15 is 0 Å². The molecule has 0 atom stereocenters. The maximum Gasteiger partial charge on any atom is 0.127 e. The van der Waals surface area contributed by atoms with Crippen LogP contribution in [0.15, 0.2) is 84.9 Å². The van der Waals surface area contributed by atoms with Gasteiger partial charge in [-0.1, -0.05) is 67.4 Å². The number of alkyl halides is 1. The molecule has 4 rings (SSSR count). The van der Waals surface area contributed by atoms with Crippen molar-refractivity contribution in [3.05, 3.63) is 90.5 Å². The number of hydrogen-bond acceptors (Lipinski definition) is 0. The van der Waals surface area contributed by atoms with E-state index in [1.54, 1.807) is 10.9 Å². The van der Waals surface area contributed by atoms with Gasteiger partial charge < -0.3 is 0 Å². The summed E-state index contributed by atoms with van der Waals surface area (Å²) < 4.78 is 0. The minimum absolute atomic E-state index is 0.719. The van der Waals surface area contributed by atoms with Crippen LogP contribution in [0.3, 0.4) is 0 Å². The van der Waals surface area contributed by atoms with Crippen LogP contribution in [-0.2, 0) is 0 Å². The third-order valence-electron chi connectivity index (χ3n) is 5.72. The van der Waals surface area contributed by atoms with Gasteiger partial charge in [0.25, 0.3) is 0 Å². The minimum atomic E-state index is -1.71. The van der Waals surface area contributed by atoms with E-state index in [0.29, 0.717) is 0 Å². The number of rotatable bonds is 5. The molecule has 0 heterocycles. The topological polar surface area (TPSA) is 0 Å². The summed E-state index contributed by atoms with van der Waals surface area (Å²) in [4.78, 5) is 0. The summed E-state index contributed by atoms with van der Waals surface area (Å²) in [6, 6.07) is 31.6. The highest BCUT2D eigenvalue weighted by molar-refractivity contribution is 9.10. The average molecular weight is 424 g/mol. The maximum absolute atomic E-state index is 3.98. The molecule has 0 N–H and O–H groups in total. The predicted octanol–water partition coefficient (Wildman–Crippen LogP) is 5.99. The van der Waals surface area contributed by atoms with Crippen molar-refractivity contribution >= 4 is 39.1 Å². The Morgan fingerprint density at radius 3 is 1.73 bits per heavy atom. The van der Waals surface area contributed by atoms with E-state index in [1.807, 2.05) is 0 Å². The first-order chi connectivity index (χ1) is 12.9. The van der Waals surface area contributed by atoms with Crippen molar-refractivity contribution in [2.75, 3.05) is 5.07 Å². The van der Waals surface area contributed by atoms with E-state index in [9.17, 15) is 0 Å². The third-order valence-corrected chi connectivity index (χ3v) is 11.9. The van der Waals surface area contributed by atoms with Gasteiger partial charge in [0.05, 0.1) is 0 Å². The molecule has 0 aromatic heterocycles. The molecule has 3 aromatic carbocycles. The van der Waals surface area contributed by atoms with E-state index in [-0.39, 0.29) is 0 Å².